The highest BCUT2D eigenvalue weighted by Crippen LogP contribution is 2.39. The number of anilines is 3. The number of primary amides is 1. The SMILES string of the molecule is CCCn1nc(Nc2ncc(F)c(N3C[C@H]4CC[C@@H](C3)N4C(=O)C3CC3)n2)cc1C(N)=O. The van der Waals surface area contributed by atoms with Crippen LogP contribution in [0.1, 0.15) is 49.5 Å². The van der Waals surface area contributed by atoms with Crippen LogP contribution in [0.2, 0.25) is 0 Å². The average molecular weight is 442 g/mol. The van der Waals surface area contributed by atoms with E-state index in [2.05, 4.69) is 20.4 Å². The van der Waals surface area contributed by atoms with Crippen LogP contribution in [-0.2, 0) is 11.3 Å². The van der Waals surface area contributed by atoms with E-state index in [1.807, 2.05) is 16.7 Å². The van der Waals surface area contributed by atoms with Crippen molar-refractivity contribution >= 4 is 29.4 Å². The maximum Gasteiger partial charge on any atom is 0.267 e. The fourth-order valence-electron chi connectivity index (χ4n) is 4.79. The molecule has 2 amide bonds. The molecule has 3 aliphatic rings. The summed E-state index contributed by atoms with van der Waals surface area (Å²) in [5, 5.41) is 7.29. The summed E-state index contributed by atoms with van der Waals surface area (Å²) in [5.74, 6) is 0.123. The van der Waals surface area contributed by atoms with Gasteiger partial charge in [0, 0.05) is 43.7 Å². The predicted molar refractivity (Wildman–Crippen MR) is 115 cm³/mol. The molecule has 3 N–H and O–H groups in total. The summed E-state index contributed by atoms with van der Waals surface area (Å²) < 4.78 is 16.2. The first-order chi connectivity index (χ1) is 15.4. The monoisotopic (exact) mass is 442 g/mol. The normalized spacial score (nSPS) is 22.3. The Morgan fingerprint density at radius 2 is 1.94 bits per heavy atom. The van der Waals surface area contributed by atoms with Gasteiger partial charge in [0.1, 0.15) is 5.69 Å². The quantitative estimate of drug-likeness (QED) is 0.669. The minimum atomic E-state index is -0.575. The lowest BCUT2D eigenvalue weighted by Gasteiger charge is -2.41. The van der Waals surface area contributed by atoms with Crippen LogP contribution in [0.3, 0.4) is 0 Å². The Labute approximate surface area is 185 Å². The van der Waals surface area contributed by atoms with Crippen molar-refractivity contribution < 1.29 is 14.0 Å². The molecule has 11 heteroatoms. The van der Waals surface area contributed by atoms with Gasteiger partial charge in [0.25, 0.3) is 5.91 Å². The number of carbonyl (C=O) groups is 2. The summed E-state index contributed by atoms with van der Waals surface area (Å²) in [5.41, 5.74) is 5.72. The van der Waals surface area contributed by atoms with E-state index in [9.17, 15) is 14.0 Å². The number of piperazine rings is 1. The zero-order valence-corrected chi connectivity index (χ0v) is 18.0. The van der Waals surface area contributed by atoms with E-state index >= 15 is 0 Å². The summed E-state index contributed by atoms with van der Waals surface area (Å²) in [7, 11) is 0. The van der Waals surface area contributed by atoms with Crippen molar-refractivity contribution in [3.8, 4) is 0 Å². The molecule has 0 radical (unpaired) electrons. The van der Waals surface area contributed by atoms with Gasteiger partial charge in [-0.3, -0.25) is 14.3 Å². The maximum absolute atomic E-state index is 14.7. The highest BCUT2D eigenvalue weighted by atomic mass is 19.1. The molecule has 0 aromatic carbocycles. The Bertz CT molecular complexity index is 1040. The second-order valence-electron chi connectivity index (χ2n) is 8.80. The number of hydrogen-bond acceptors (Lipinski definition) is 7. The van der Waals surface area contributed by atoms with Crippen molar-refractivity contribution in [2.24, 2.45) is 11.7 Å². The second kappa shape index (κ2) is 8.03. The number of amides is 2. The molecule has 2 aromatic heterocycles. The Hall–Kier alpha value is -3.24. The number of nitrogens with one attached hydrogen (secondary N) is 1. The smallest absolute Gasteiger partial charge is 0.267 e. The molecule has 5 rings (SSSR count). The summed E-state index contributed by atoms with van der Waals surface area (Å²) in [4.78, 5) is 36.7. The first-order valence-electron chi connectivity index (χ1n) is 11.2. The molecule has 0 spiro atoms. The molecule has 2 bridgehead atoms. The molecule has 2 aromatic rings. The molecule has 2 aliphatic heterocycles. The van der Waals surface area contributed by atoms with Gasteiger partial charge in [-0.05, 0) is 32.1 Å². The van der Waals surface area contributed by atoms with Crippen LogP contribution in [0.25, 0.3) is 0 Å². The van der Waals surface area contributed by atoms with Gasteiger partial charge in [0.2, 0.25) is 11.9 Å². The zero-order valence-electron chi connectivity index (χ0n) is 18.0. The standard InChI is InChI=1S/C21H27FN8O2/c1-2-7-29-16(18(23)31)8-17(27-29)25-21-24-9-15(22)19(26-21)28-10-13-5-6-14(11-28)30(13)20(32)12-3-4-12/h8-9,12-14H,2-7,10-11H2,1H3,(H2,23,31)(H,24,25,26,27)/t13-,14+. The van der Waals surface area contributed by atoms with Crippen molar-refractivity contribution in [3.05, 3.63) is 23.8 Å². The van der Waals surface area contributed by atoms with Gasteiger partial charge >= 0.3 is 0 Å². The van der Waals surface area contributed by atoms with Crippen LogP contribution in [-0.4, -0.2) is 61.6 Å². The first kappa shape index (κ1) is 20.7. The Morgan fingerprint density at radius 1 is 1.22 bits per heavy atom. The van der Waals surface area contributed by atoms with Gasteiger partial charge < -0.3 is 20.9 Å². The fraction of sp³-hybridized carbons (Fsp3) is 0.571. The topological polar surface area (TPSA) is 122 Å². The van der Waals surface area contributed by atoms with Crippen LogP contribution in [0.4, 0.5) is 22.0 Å². The highest BCUT2D eigenvalue weighted by molar-refractivity contribution is 5.92. The molecule has 1 saturated carbocycles. The van der Waals surface area contributed by atoms with Crippen LogP contribution in [0.5, 0.6) is 0 Å². The maximum atomic E-state index is 14.7. The summed E-state index contributed by atoms with van der Waals surface area (Å²) in [6, 6.07) is 1.72. The molecular formula is C21H27FN8O2. The number of fused-ring (bicyclic) bond motifs is 2. The molecule has 3 fully saturated rings. The van der Waals surface area contributed by atoms with Crippen molar-refractivity contribution in [2.45, 2.75) is 57.7 Å². The third-order valence-corrected chi connectivity index (χ3v) is 6.40. The molecule has 1 aliphatic carbocycles. The van der Waals surface area contributed by atoms with Gasteiger partial charge in [0.05, 0.1) is 6.20 Å². The van der Waals surface area contributed by atoms with E-state index in [0.29, 0.717) is 25.5 Å². The van der Waals surface area contributed by atoms with Crippen LogP contribution in [0, 0.1) is 11.7 Å². The number of rotatable bonds is 7. The third kappa shape index (κ3) is 3.76. The average Bonchev–Trinajstić information content (AvgIpc) is 3.49. The van der Waals surface area contributed by atoms with E-state index in [-0.39, 0.29) is 41.4 Å². The molecule has 2 atom stereocenters. The summed E-state index contributed by atoms with van der Waals surface area (Å²) in [6.07, 6.45) is 5.76. The predicted octanol–water partition coefficient (Wildman–Crippen LogP) is 1.65. The van der Waals surface area contributed by atoms with Gasteiger partial charge in [-0.2, -0.15) is 10.1 Å². The van der Waals surface area contributed by atoms with Crippen LogP contribution in [0.15, 0.2) is 12.3 Å². The number of nitrogens with zero attached hydrogens (tertiary/aromatic N) is 6. The van der Waals surface area contributed by atoms with Gasteiger partial charge in [-0.1, -0.05) is 6.92 Å². The minimum absolute atomic E-state index is 0.0930. The zero-order chi connectivity index (χ0) is 22.4. The Balaban J connectivity index is 1.34. The Kier molecular flexibility index (Phi) is 5.18. The summed E-state index contributed by atoms with van der Waals surface area (Å²) >= 11 is 0. The highest BCUT2D eigenvalue weighted by Gasteiger charge is 2.47. The molecule has 0 unspecified atom stereocenters. The summed E-state index contributed by atoms with van der Waals surface area (Å²) in [6.45, 7) is 3.63. The minimum Gasteiger partial charge on any atom is -0.364 e. The van der Waals surface area contributed by atoms with E-state index in [0.717, 1.165) is 38.3 Å². The number of carbonyl (C=O) groups excluding carboxylic acids is 2. The molecular weight excluding hydrogens is 415 g/mol. The van der Waals surface area contributed by atoms with E-state index in [1.54, 1.807) is 0 Å². The van der Waals surface area contributed by atoms with Gasteiger partial charge in [-0.25, -0.2) is 9.37 Å². The number of hydrogen-bond donors (Lipinski definition) is 2. The lowest BCUT2D eigenvalue weighted by molar-refractivity contribution is -0.135. The number of aromatic nitrogens is 4. The molecule has 170 valence electrons. The number of aryl methyl sites for hydroxylation is 1. The lowest BCUT2D eigenvalue weighted by Crippen LogP contribution is -2.56. The fourth-order valence-corrected chi connectivity index (χ4v) is 4.79. The van der Waals surface area contributed by atoms with Crippen molar-refractivity contribution in [1.82, 2.24) is 24.6 Å². The Morgan fingerprint density at radius 3 is 2.56 bits per heavy atom. The molecule has 32 heavy (non-hydrogen) atoms. The molecule has 2 saturated heterocycles. The third-order valence-electron chi connectivity index (χ3n) is 6.40. The number of nitrogens with two attached hydrogens (primary N) is 1. The van der Waals surface area contributed by atoms with Crippen LogP contribution < -0.4 is 16.0 Å². The first-order valence-corrected chi connectivity index (χ1v) is 11.2. The second-order valence-corrected chi connectivity index (χ2v) is 8.80. The van der Waals surface area contributed by atoms with Gasteiger partial charge in [-0.15, -0.1) is 0 Å². The largest absolute Gasteiger partial charge is 0.364 e. The lowest BCUT2D eigenvalue weighted by atomic mass is 10.1. The van der Waals surface area contributed by atoms with E-state index < -0.39 is 11.7 Å². The van der Waals surface area contributed by atoms with E-state index in [4.69, 9.17) is 5.73 Å². The van der Waals surface area contributed by atoms with Gasteiger partial charge in [0.15, 0.2) is 17.5 Å². The van der Waals surface area contributed by atoms with E-state index in [1.165, 1.54) is 10.7 Å². The molecule has 4 heterocycles. The van der Waals surface area contributed by atoms with Crippen molar-refractivity contribution in [2.75, 3.05) is 23.3 Å². The van der Waals surface area contributed by atoms with Crippen LogP contribution >= 0.6 is 0 Å². The van der Waals surface area contributed by atoms with Crippen molar-refractivity contribution in [3.63, 3.8) is 0 Å². The van der Waals surface area contributed by atoms with Crippen molar-refractivity contribution in [1.29, 1.82) is 0 Å². The molecule has 10 nitrogen and oxygen atoms in total. The number of halogens is 1.